The minimum Gasteiger partial charge on any atom is -0.478 e. The van der Waals surface area contributed by atoms with E-state index in [2.05, 4.69) is 0 Å². The van der Waals surface area contributed by atoms with E-state index in [0.29, 0.717) is 5.56 Å². The molecule has 0 fully saturated rings. The Morgan fingerprint density at radius 1 is 1.00 bits per heavy atom. The fraction of sp³-hybridized carbons (Fsp3) is 0.133. The van der Waals surface area contributed by atoms with Gasteiger partial charge in [0.2, 0.25) is 0 Å². The number of hydrogen-bond acceptors (Lipinski definition) is 1. The van der Waals surface area contributed by atoms with Gasteiger partial charge in [-0.05, 0) is 31.0 Å². The van der Waals surface area contributed by atoms with Crippen LogP contribution in [0, 0.1) is 25.5 Å². The average Bonchev–Trinajstić information content (AvgIpc) is 2.35. The Morgan fingerprint density at radius 3 is 2.32 bits per heavy atom. The molecule has 0 aliphatic rings. The van der Waals surface area contributed by atoms with Gasteiger partial charge in [-0.2, -0.15) is 0 Å². The first-order chi connectivity index (χ1) is 8.91. The lowest BCUT2D eigenvalue weighted by Gasteiger charge is -2.10. The molecule has 0 spiro atoms. The summed E-state index contributed by atoms with van der Waals surface area (Å²) in [5.74, 6) is -3.94. The second kappa shape index (κ2) is 4.80. The number of aryl methyl sites for hydroxylation is 2. The number of carboxylic acids is 1. The lowest BCUT2D eigenvalue weighted by Crippen LogP contribution is -2.04. The van der Waals surface area contributed by atoms with Crippen molar-refractivity contribution in [3.63, 3.8) is 0 Å². The van der Waals surface area contributed by atoms with Crippen LogP contribution in [0.5, 0.6) is 0 Å². The van der Waals surface area contributed by atoms with Crippen LogP contribution in [-0.2, 0) is 0 Å². The van der Waals surface area contributed by atoms with Crippen molar-refractivity contribution in [1.82, 2.24) is 0 Å². The summed E-state index contributed by atoms with van der Waals surface area (Å²) >= 11 is 0. The van der Waals surface area contributed by atoms with Gasteiger partial charge < -0.3 is 5.11 Å². The van der Waals surface area contributed by atoms with E-state index in [1.54, 1.807) is 13.0 Å². The van der Waals surface area contributed by atoms with Crippen molar-refractivity contribution in [3.05, 3.63) is 58.7 Å². The summed E-state index contributed by atoms with van der Waals surface area (Å²) in [4.78, 5) is 10.7. The molecule has 4 heteroatoms. The Morgan fingerprint density at radius 2 is 1.68 bits per heavy atom. The maximum absolute atomic E-state index is 14.0. The van der Waals surface area contributed by atoms with Gasteiger partial charge in [0, 0.05) is 5.56 Å². The average molecular weight is 262 g/mol. The number of hydrogen-bond donors (Lipinski definition) is 1. The highest BCUT2D eigenvalue weighted by atomic mass is 19.2. The van der Waals surface area contributed by atoms with E-state index in [4.69, 9.17) is 5.11 Å². The number of rotatable bonds is 2. The van der Waals surface area contributed by atoms with Gasteiger partial charge in [0.1, 0.15) is 0 Å². The van der Waals surface area contributed by atoms with E-state index in [-0.39, 0.29) is 5.56 Å². The van der Waals surface area contributed by atoms with E-state index in [1.807, 2.05) is 19.1 Å². The Kier molecular flexibility index (Phi) is 3.34. The van der Waals surface area contributed by atoms with Crippen LogP contribution in [0.3, 0.4) is 0 Å². The molecule has 0 aromatic heterocycles. The van der Waals surface area contributed by atoms with Crippen LogP contribution in [0.15, 0.2) is 30.3 Å². The van der Waals surface area contributed by atoms with Crippen LogP contribution in [0.25, 0.3) is 11.1 Å². The highest BCUT2D eigenvalue weighted by Gasteiger charge is 2.19. The lowest BCUT2D eigenvalue weighted by molar-refractivity contribution is 0.0690. The third kappa shape index (κ3) is 2.34. The minimum absolute atomic E-state index is 0.0729. The van der Waals surface area contributed by atoms with Crippen LogP contribution in [-0.4, -0.2) is 11.1 Å². The third-order valence-corrected chi connectivity index (χ3v) is 3.00. The van der Waals surface area contributed by atoms with Gasteiger partial charge in [0.25, 0.3) is 0 Å². The molecule has 0 bridgehead atoms. The molecular formula is C15H12F2O2. The van der Waals surface area contributed by atoms with Crippen LogP contribution in [0.2, 0.25) is 0 Å². The molecule has 98 valence electrons. The zero-order valence-electron chi connectivity index (χ0n) is 10.5. The number of benzene rings is 2. The fourth-order valence-electron chi connectivity index (χ4n) is 1.95. The van der Waals surface area contributed by atoms with Gasteiger partial charge in [-0.25, -0.2) is 13.6 Å². The van der Waals surface area contributed by atoms with E-state index in [1.165, 1.54) is 6.07 Å². The summed E-state index contributed by atoms with van der Waals surface area (Å²) in [6.45, 7) is 3.64. The van der Waals surface area contributed by atoms with Crippen LogP contribution in [0.1, 0.15) is 21.5 Å². The molecule has 0 aliphatic carbocycles. The number of carboxylic acid groups (broad SMARTS) is 1. The fourth-order valence-corrected chi connectivity index (χ4v) is 1.95. The SMILES string of the molecule is Cc1ccc(C)c(-c2ccc(C(=O)O)c(F)c2F)c1. The summed E-state index contributed by atoms with van der Waals surface area (Å²) in [5, 5.41) is 8.74. The van der Waals surface area contributed by atoms with Gasteiger partial charge in [0.05, 0.1) is 5.56 Å². The molecule has 0 saturated heterocycles. The van der Waals surface area contributed by atoms with E-state index in [0.717, 1.165) is 17.2 Å². The molecule has 19 heavy (non-hydrogen) atoms. The molecule has 2 nitrogen and oxygen atoms in total. The van der Waals surface area contributed by atoms with Gasteiger partial charge in [-0.15, -0.1) is 0 Å². The van der Waals surface area contributed by atoms with Gasteiger partial charge in [-0.3, -0.25) is 0 Å². The topological polar surface area (TPSA) is 37.3 Å². The summed E-state index contributed by atoms with van der Waals surface area (Å²) in [6, 6.07) is 7.81. The molecule has 2 aromatic rings. The van der Waals surface area contributed by atoms with E-state index in [9.17, 15) is 13.6 Å². The van der Waals surface area contributed by atoms with Crippen molar-refractivity contribution in [2.75, 3.05) is 0 Å². The largest absolute Gasteiger partial charge is 0.478 e. The van der Waals surface area contributed by atoms with Crippen molar-refractivity contribution >= 4 is 5.97 Å². The third-order valence-electron chi connectivity index (χ3n) is 3.00. The second-order valence-electron chi connectivity index (χ2n) is 4.41. The monoisotopic (exact) mass is 262 g/mol. The predicted molar refractivity (Wildman–Crippen MR) is 68.2 cm³/mol. The number of carbonyl (C=O) groups is 1. The maximum atomic E-state index is 14.0. The molecule has 0 radical (unpaired) electrons. The zero-order valence-corrected chi connectivity index (χ0v) is 10.5. The molecule has 0 atom stereocenters. The molecular weight excluding hydrogens is 250 g/mol. The Labute approximate surface area is 109 Å². The Balaban J connectivity index is 2.67. The van der Waals surface area contributed by atoms with Gasteiger partial charge in [-0.1, -0.05) is 29.8 Å². The molecule has 0 amide bonds. The van der Waals surface area contributed by atoms with E-state index >= 15 is 0 Å². The van der Waals surface area contributed by atoms with Gasteiger partial charge >= 0.3 is 5.97 Å². The Bertz CT molecular complexity index is 663. The summed E-state index contributed by atoms with van der Waals surface area (Å²) in [5.41, 5.74) is 1.69. The van der Waals surface area contributed by atoms with Crippen LogP contribution in [0.4, 0.5) is 8.78 Å². The quantitative estimate of drug-likeness (QED) is 0.889. The highest BCUT2D eigenvalue weighted by molar-refractivity contribution is 5.89. The van der Waals surface area contributed by atoms with Crippen LogP contribution < -0.4 is 0 Å². The molecule has 2 aromatic carbocycles. The molecule has 0 heterocycles. The number of halogens is 2. The highest BCUT2D eigenvalue weighted by Crippen LogP contribution is 2.29. The summed E-state index contributed by atoms with van der Waals surface area (Å²) in [7, 11) is 0. The smallest absolute Gasteiger partial charge is 0.338 e. The predicted octanol–water partition coefficient (Wildman–Crippen LogP) is 3.95. The maximum Gasteiger partial charge on any atom is 0.338 e. The van der Waals surface area contributed by atoms with Crippen LogP contribution >= 0.6 is 0 Å². The zero-order chi connectivity index (χ0) is 14.2. The Hall–Kier alpha value is -2.23. The molecule has 0 unspecified atom stereocenters. The first kappa shape index (κ1) is 13.2. The molecule has 2 rings (SSSR count). The normalized spacial score (nSPS) is 10.5. The minimum atomic E-state index is -1.48. The molecule has 1 N–H and O–H groups in total. The van der Waals surface area contributed by atoms with E-state index < -0.39 is 23.2 Å². The summed E-state index contributed by atoms with van der Waals surface area (Å²) < 4.78 is 27.7. The van der Waals surface area contributed by atoms with Crippen molar-refractivity contribution in [2.24, 2.45) is 0 Å². The molecule has 0 aliphatic heterocycles. The van der Waals surface area contributed by atoms with Gasteiger partial charge in [0.15, 0.2) is 11.6 Å². The van der Waals surface area contributed by atoms with Crippen molar-refractivity contribution in [1.29, 1.82) is 0 Å². The first-order valence-electron chi connectivity index (χ1n) is 5.70. The molecule has 0 saturated carbocycles. The number of aromatic carboxylic acids is 1. The van der Waals surface area contributed by atoms with Crippen molar-refractivity contribution in [2.45, 2.75) is 13.8 Å². The lowest BCUT2D eigenvalue weighted by atomic mass is 9.97. The van der Waals surface area contributed by atoms with Crippen molar-refractivity contribution in [3.8, 4) is 11.1 Å². The van der Waals surface area contributed by atoms with Crippen molar-refractivity contribution < 1.29 is 18.7 Å². The standard InChI is InChI=1S/C15H12F2O2/c1-8-3-4-9(2)12(7-8)10-5-6-11(15(18)19)14(17)13(10)16/h3-7H,1-2H3,(H,18,19). The summed E-state index contributed by atoms with van der Waals surface area (Å²) in [6.07, 6.45) is 0. The second-order valence-corrected chi connectivity index (χ2v) is 4.41. The first-order valence-corrected chi connectivity index (χ1v) is 5.70.